The highest BCUT2D eigenvalue weighted by Crippen LogP contribution is 2.19. The van der Waals surface area contributed by atoms with Crippen LogP contribution in [0.2, 0.25) is 5.15 Å². The molecule has 2 aromatic rings. The average molecular weight is 280 g/mol. The van der Waals surface area contributed by atoms with Crippen LogP contribution < -0.4 is 5.32 Å². The van der Waals surface area contributed by atoms with Crippen LogP contribution in [-0.2, 0) is 0 Å². The number of rotatable bonds is 5. The lowest BCUT2D eigenvalue weighted by atomic mass is 10.2. The van der Waals surface area contributed by atoms with Gasteiger partial charge in [0.1, 0.15) is 11.0 Å². The van der Waals surface area contributed by atoms with Crippen LogP contribution in [0, 0.1) is 0 Å². The number of thioether (sulfide) groups is 1. The van der Waals surface area contributed by atoms with Gasteiger partial charge in [-0.2, -0.15) is 11.8 Å². The van der Waals surface area contributed by atoms with Crippen molar-refractivity contribution >= 4 is 29.2 Å². The number of nitrogens with zero attached hydrogens (tertiary/aromatic N) is 2. The molecule has 5 heteroatoms. The Hall–Kier alpha value is -1.26. The standard InChI is InChI=1S/C13H14ClN3S/c1-18-8-7-15-12-9-11(14)16-13(17-12)10-5-3-2-4-6-10/h2-6,9H,7-8H2,1H3,(H,15,16,17). The minimum absolute atomic E-state index is 0.454. The summed E-state index contributed by atoms with van der Waals surface area (Å²) in [4.78, 5) is 8.70. The first-order valence-electron chi connectivity index (χ1n) is 5.62. The Bertz CT molecular complexity index is 505. The Kier molecular flexibility index (Phi) is 4.84. The molecule has 1 heterocycles. The molecule has 0 bridgehead atoms. The quantitative estimate of drug-likeness (QED) is 0.671. The van der Waals surface area contributed by atoms with Crippen LogP contribution in [0.25, 0.3) is 11.4 Å². The van der Waals surface area contributed by atoms with Crippen molar-refractivity contribution < 1.29 is 0 Å². The van der Waals surface area contributed by atoms with Crippen molar-refractivity contribution in [3.63, 3.8) is 0 Å². The summed E-state index contributed by atoms with van der Waals surface area (Å²) in [5, 5.41) is 3.69. The first-order valence-corrected chi connectivity index (χ1v) is 7.39. The van der Waals surface area contributed by atoms with Gasteiger partial charge in [0.2, 0.25) is 0 Å². The van der Waals surface area contributed by atoms with Gasteiger partial charge in [-0.3, -0.25) is 0 Å². The van der Waals surface area contributed by atoms with Crippen LogP contribution in [0.4, 0.5) is 5.82 Å². The third kappa shape index (κ3) is 3.62. The van der Waals surface area contributed by atoms with E-state index in [9.17, 15) is 0 Å². The molecule has 1 aromatic carbocycles. The largest absolute Gasteiger partial charge is 0.369 e. The van der Waals surface area contributed by atoms with Gasteiger partial charge in [0.15, 0.2) is 5.82 Å². The van der Waals surface area contributed by atoms with Crippen molar-refractivity contribution in [3.05, 3.63) is 41.6 Å². The van der Waals surface area contributed by atoms with Crippen LogP contribution in [-0.4, -0.2) is 28.5 Å². The maximum Gasteiger partial charge on any atom is 0.163 e. The van der Waals surface area contributed by atoms with Gasteiger partial charge < -0.3 is 5.32 Å². The fourth-order valence-corrected chi connectivity index (χ4v) is 2.00. The van der Waals surface area contributed by atoms with Crippen LogP contribution in [0.5, 0.6) is 0 Å². The molecule has 3 nitrogen and oxygen atoms in total. The Morgan fingerprint density at radius 2 is 2.00 bits per heavy atom. The summed E-state index contributed by atoms with van der Waals surface area (Å²) in [7, 11) is 0. The Labute approximate surface area is 116 Å². The van der Waals surface area contributed by atoms with E-state index in [1.165, 1.54) is 0 Å². The zero-order chi connectivity index (χ0) is 12.8. The van der Waals surface area contributed by atoms with Gasteiger partial charge in [-0.05, 0) is 6.26 Å². The molecular weight excluding hydrogens is 266 g/mol. The average Bonchev–Trinajstić information content (AvgIpc) is 2.39. The van der Waals surface area contributed by atoms with Crippen molar-refractivity contribution in [1.29, 1.82) is 0 Å². The normalized spacial score (nSPS) is 10.3. The van der Waals surface area contributed by atoms with Gasteiger partial charge in [0.25, 0.3) is 0 Å². The predicted molar refractivity (Wildman–Crippen MR) is 79.3 cm³/mol. The molecule has 0 spiro atoms. The molecule has 0 atom stereocenters. The molecular formula is C13H14ClN3S. The monoisotopic (exact) mass is 279 g/mol. The molecule has 0 aliphatic carbocycles. The molecule has 0 unspecified atom stereocenters. The van der Waals surface area contributed by atoms with Crippen molar-refractivity contribution in [2.45, 2.75) is 0 Å². The smallest absolute Gasteiger partial charge is 0.163 e. The summed E-state index contributed by atoms with van der Waals surface area (Å²) >= 11 is 7.80. The second-order valence-electron chi connectivity index (χ2n) is 3.69. The highest BCUT2D eigenvalue weighted by Gasteiger charge is 2.05. The fourth-order valence-electron chi connectivity index (χ4n) is 1.51. The summed E-state index contributed by atoms with van der Waals surface area (Å²) < 4.78 is 0. The molecule has 0 aliphatic rings. The first-order chi connectivity index (χ1) is 8.79. The van der Waals surface area contributed by atoms with Crippen molar-refractivity contribution in [3.8, 4) is 11.4 Å². The third-order valence-electron chi connectivity index (χ3n) is 2.34. The molecule has 0 saturated carbocycles. The number of aromatic nitrogens is 2. The molecule has 1 aromatic heterocycles. The van der Waals surface area contributed by atoms with E-state index in [4.69, 9.17) is 11.6 Å². The van der Waals surface area contributed by atoms with E-state index in [1.807, 2.05) is 30.3 Å². The van der Waals surface area contributed by atoms with Crippen LogP contribution in [0.15, 0.2) is 36.4 Å². The minimum Gasteiger partial charge on any atom is -0.369 e. The molecule has 0 saturated heterocycles. The molecule has 1 N–H and O–H groups in total. The summed E-state index contributed by atoms with van der Waals surface area (Å²) in [6, 6.07) is 11.6. The van der Waals surface area contributed by atoms with Crippen LogP contribution in [0.3, 0.4) is 0 Å². The number of benzene rings is 1. The number of hydrogen-bond acceptors (Lipinski definition) is 4. The molecule has 18 heavy (non-hydrogen) atoms. The summed E-state index contributed by atoms with van der Waals surface area (Å²) in [6.07, 6.45) is 2.07. The second-order valence-corrected chi connectivity index (χ2v) is 5.06. The topological polar surface area (TPSA) is 37.8 Å². The fraction of sp³-hybridized carbons (Fsp3) is 0.231. The SMILES string of the molecule is CSCCNc1cc(Cl)nc(-c2ccccc2)n1. The zero-order valence-corrected chi connectivity index (χ0v) is 11.6. The summed E-state index contributed by atoms with van der Waals surface area (Å²) in [5.41, 5.74) is 0.966. The van der Waals surface area contributed by atoms with E-state index in [0.29, 0.717) is 11.0 Å². The van der Waals surface area contributed by atoms with Gasteiger partial charge in [-0.1, -0.05) is 41.9 Å². The Balaban J connectivity index is 2.21. The van der Waals surface area contributed by atoms with E-state index in [1.54, 1.807) is 17.8 Å². The third-order valence-corrected chi connectivity index (χ3v) is 3.15. The number of halogens is 1. The van der Waals surface area contributed by atoms with Gasteiger partial charge >= 0.3 is 0 Å². The van der Waals surface area contributed by atoms with Gasteiger partial charge in [0, 0.05) is 23.9 Å². The zero-order valence-electron chi connectivity index (χ0n) is 10.1. The Morgan fingerprint density at radius 3 is 2.72 bits per heavy atom. The van der Waals surface area contributed by atoms with Crippen molar-refractivity contribution in [2.24, 2.45) is 0 Å². The molecule has 0 radical (unpaired) electrons. The lowest BCUT2D eigenvalue weighted by Gasteiger charge is -2.07. The second kappa shape index (κ2) is 6.61. The number of hydrogen-bond donors (Lipinski definition) is 1. The molecule has 0 aliphatic heterocycles. The highest BCUT2D eigenvalue weighted by molar-refractivity contribution is 7.98. The van der Waals surface area contributed by atoms with E-state index in [2.05, 4.69) is 21.5 Å². The predicted octanol–water partition coefficient (Wildman–Crippen LogP) is 3.57. The van der Waals surface area contributed by atoms with Crippen molar-refractivity contribution in [1.82, 2.24) is 9.97 Å². The van der Waals surface area contributed by atoms with Gasteiger partial charge in [0.05, 0.1) is 0 Å². The van der Waals surface area contributed by atoms with Crippen molar-refractivity contribution in [2.75, 3.05) is 23.9 Å². The lowest BCUT2D eigenvalue weighted by Crippen LogP contribution is -2.06. The highest BCUT2D eigenvalue weighted by atomic mass is 35.5. The minimum atomic E-state index is 0.454. The van der Waals surface area contributed by atoms with Gasteiger partial charge in [-0.25, -0.2) is 9.97 Å². The Morgan fingerprint density at radius 1 is 1.22 bits per heavy atom. The first kappa shape index (κ1) is 13.2. The summed E-state index contributed by atoms with van der Waals surface area (Å²) in [6.45, 7) is 0.864. The van der Waals surface area contributed by atoms with Crippen LogP contribution in [0.1, 0.15) is 0 Å². The molecule has 0 fully saturated rings. The molecule has 2 rings (SSSR count). The number of anilines is 1. The number of nitrogens with one attached hydrogen (secondary N) is 1. The van der Waals surface area contributed by atoms with E-state index in [0.717, 1.165) is 23.7 Å². The lowest BCUT2D eigenvalue weighted by molar-refractivity contribution is 1.12. The maximum absolute atomic E-state index is 6.02. The van der Waals surface area contributed by atoms with E-state index in [-0.39, 0.29) is 0 Å². The maximum atomic E-state index is 6.02. The molecule has 0 amide bonds. The van der Waals surface area contributed by atoms with Gasteiger partial charge in [-0.15, -0.1) is 0 Å². The molecule has 94 valence electrons. The summed E-state index contributed by atoms with van der Waals surface area (Å²) in [5.74, 6) is 2.44. The van der Waals surface area contributed by atoms with Crippen LogP contribution >= 0.6 is 23.4 Å². The van der Waals surface area contributed by atoms with E-state index < -0.39 is 0 Å². The van der Waals surface area contributed by atoms with E-state index >= 15 is 0 Å².